The third kappa shape index (κ3) is 3.66. The highest BCUT2D eigenvalue weighted by Crippen LogP contribution is 2.24. The van der Waals surface area contributed by atoms with Gasteiger partial charge in [-0.05, 0) is 31.0 Å². The molecule has 2 rings (SSSR count). The third-order valence-electron chi connectivity index (χ3n) is 3.20. The zero-order chi connectivity index (χ0) is 17.7. The van der Waals surface area contributed by atoms with Crippen LogP contribution in [0.5, 0.6) is 5.75 Å². The Hall–Kier alpha value is -3.01. The highest BCUT2D eigenvalue weighted by Gasteiger charge is 2.18. The molecule has 0 aliphatic carbocycles. The Kier molecular flexibility index (Phi) is 5.42. The normalized spacial score (nSPS) is 10.5. The van der Waals surface area contributed by atoms with E-state index < -0.39 is 5.97 Å². The van der Waals surface area contributed by atoms with Gasteiger partial charge in [0, 0.05) is 0 Å². The first-order chi connectivity index (χ1) is 11.5. The minimum Gasteiger partial charge on any atom is -0.492 e. The molecule has 1 heterocycles. The molecule has 24 heavy (non-hydrogen) atoms. The van der Waals surface area contributed by atoms with E-state index in [2.05, 4.69) is 11.2 Å². The number of hydrogen-bond acceptors (Lipinski definition) is 6. The number of nitriles is 1. The second kappa shape index (κ2) is 7.51. The Morgan fingerprint density at radius 3 is 2.83 bits per heavy atom. The summed E-state index contributed by atoms with van der Waals surface area (Å²) in [5.41, 5.74) is 7.11. The fourth-order valence-corrected chi connectivity index (χ4v) is 2.05. The summed E-state index contributed by atoms with van der Waals surface area (Å²) in [6.07, 6.45) is 1.35. The van der Waals surface area contributed by atoms with Crippen LogP contribution in [0.3, 0.4) is 0 Å². The number of anilines is 1. The molecule has 126 valence electrons. The number of esters is 1. The summed E-state index contributed by atoms with van der Waals surface area (Å²) < 4.78 is 11.9. The average Bonchev–Trinajstić information content (AvgIpc) is 2.94. The van der Waals surface area contributed by atoms with Gasteiger partial charge in [0.15, 0.2) is 0 Å². The summed E-state index contributed by atoms with van der Waals surface area (Å²) in [4.78, 5) is 11.8. The highest BCUT2D eigenvalue weighted by molar-refractivity contribution is 5.94. The van der Waals surface area contributed by atoms with Crippen LogP contribution in [0.1, 0.15) is 36.7 Å². The molecular formula is C17H20N4O3. The van der Waals surface area contributed by atoms with Gasteiger partial charge in [0.25, 0.3) is 0 Å². The van der Waals surface area contributed by atoms with Crippen LogP contribution in [0, 0.1) is 17.2 Å². The Bertz CT molecular complexity index is 775. The van der Waals surface area contributed by atoms with Gasteiger partial charge in [-0.1, -0.05) is 13.8 Å². The maximum atomic E-state index is 11.8. The van der Waals surface area contributed by atoms with Crippen molar-refractivity contribution < 1.29 is 14.3 Å². The zero-order valence-electron chi connectivity index (χ0n) is 13.9. The predicted molar refractivity (Wildman–Crippen MR) is 89.0 cm³/mol. The van der Waals surface area contributed by atoms with Gasteiger partial charge in [-0.15, -0.1) is 0 Å². The van der Waals surface area contributed by atoms with Gasteiger partial charge in [0.05, 0.1) is 30.7 Å². The van der Waals surface area contributed by atoms with Crippen molar-refractivity contribution in [1.29, 1.82) is 5.26 Å². The highest BCUT2D eigenvalue weighted by atomic mass is 16.5. The van der Waals surface area contributed by atoms with Crippen molar-refractivity contribution in [1.82, 2.24) is 9.78 Å². The SMILES string of the molecule is CCOC(=O)c1cnn(-c2ccc(OCC(C)C)c(C#N)c2)c1N. The van der Waals surface area contributed by atoms with Crippen LogP contribution in [-0.2, 0) is 4.74 Å². The van der Waals surface area contributed by atoms with Crippen molar-refractivity contribution in [2.75, 3.05) is 18.9 Å². The van der Waals surface area contributed by atoms with Gasteiger partial charge in [0.1, 0.15) is 23.2 Å². The van der Waals surface area contributed by atoms with E-state index in [1.165, 1.54) is 10.9 Å². The number of hydrogen-bond donors (Lipinski definition) is 1. The van der Waals surface area contributed by atoms with Crippen LogP contribution in [0.2, 0.25) is 0 Å². The Labute approximate surface area is 140 Å². The van der Waals surface area contributed by atoms with E-state index in [1.54, 1.807) is 25.1 Å². The molecule has 0 unspecified atom stereocenters. The summed E-state index contributed by atoms with van der Waals surface area (Å²) >= 11 is 0. The molecule has 0 fully saturated rings. The molecular weight excluding hydrogens is 308 g/mol. The molecule has 0 amide bonds. The lowest BCUT2D eigenvalue weighted by Gasteiger charge is -2.12. The molecule has 0 aliphatic heterocycles. The lowest BCUT2D eigenvalue weighted by atomic mass is 10.2. The molecule has 0 aliphatic rings. The van der Waals surface area contributed by atoms with Gasteiger partial charge >= 0.3 is 5.97 Å². The fraction of sp³-hybridized carbons (Fsp3) is 0.353. The minimum absolute atomic E-state index is 0.160. The second-order valence-electron chi connectivity index (χ2n) is 5.57. The molecule has 0 saturated heterocycles. The average molecular weight is 328 g/mol. The number of carbonyl (C=O) groups excluding carboxylic acids is 1. The molecule has 2 N–H and O–H groups in total. The maximum Gasteiger partial charge on any atom is 0.343 e. The lowest BCUT2D eigenvalue weighted by Crippen LogP contribution is -2.09. The van der Waals surface area contributed by atoms with Gasteiger partial charge in [-0.2, -0.15) is 10.4 Å². The number of rotatable bonds is 6. The number of nitrogens with zero attached hydrogens (tertiary/aromatic N) is 3. The number of benzene rings is 1. The number of aromatic nitrogens is 2. The predicted octanol–water partition coefficient (Wildman–Crippen LogP) is 2.54. The number of nitrogen functional groups attached to an aromatic ring is 1. The molecule has 1 aromatic heterocycles. The van der Waals surface area contributed by atoms with Crippen LogP contribution in [0.4, 0.5) is 5.82 Å². The fourth-order valence-electron chi connectivity index (χ4n) is 2.05. The standard InChI is InChI=1S/C17H20N4O3/c1-4-23-17(22)14-9-20-21(16(14)19)13-5-6-15(12(7-13)8-18)24-10-11(2)3/h5-7,9,11H,4,10,19H2,1-3H3. The van der Waals surface area contributed by atoms with Crippen LogP contribution < -0.4 is 10.5 Å². The van der Waals surface area contributed by atoms with Gasteiger partial charge in [-0.25, -0.2) is 9.48 Å². The molecule has 0 spiro atoms. The first kappa shape index (κ1) is 17.3. The minimum atomic E-state index is -0.529. The molecule has 7 nitrogen and oxygen atoms in total. The second-order valence-corrected chi connectivity index (χ2v) is 5.57. The molecule has 1 aromatic carbocycles. The number of nitrogens with two attached hydrogens (primary N) is 1. The summed E-state index contributed by atoms with van der Waals surface area (Å²) in [5.74, 6) is 0.489. The van der Waals surface area contributed by atoms with Gasteiger partial charge in [0.2, 0.25) is 0 Å². The molecule has 0 radical (unpaired) electrons. The van der Waals surface area contributed by atoms with Crippen LogP contribution >= 0.6 is 0 Å². The van der Waals surface area contributed by atoms with E-state index in [1.807, 2.05) is 13.8 Å². The maximum absolute atomic E-state index is 11.8. The largest absolute Gasteiger partial charge is 0.492 e. The summed E-state index contributed by atoms with van der Waals surface area (Å²) in [6, 6.07) is 7.15. The Balaban J connectivity index is 2.33. The lowest BCUT2D eigenvalue weighted by molar-refractivity contribution is 0.0527. The van der Waals surface area contributed by atoms with Crippen LogP contribution in [-0.4, -0.2) is 29.0 Å². The van der Waals surface area contributed by atoms with Crippen molar-refractivity contribution in [3.05, 3.63) is 35.5 Å². The molecule has 0 saturated carbocycles. The van der Waals surface area contributed by atoms with Crippen LogP contribution in [0.25, 0.3) is 5.69 Å². The van der Waals surface area contributed by atoms with Crippen molar-refractivity contribution in [2.24, 2.45) is 5.92 Å². The van der Waals surface area contributed by atoms with Crippen molar-refractivity contribution in [3.8, 4) is 17.5 Å². The third-order valence-corrected chi connectivity index (χ3v) is 3.20. The van der Waals surface area contributed by atoms with E-state index in [9.17, 15) is 10.1 Å². The first-order valence-electron chi connectivity index (χ1n) is 7.65. The quantitative estimate of drug-likeness (QED) is 0.817. The van der Waals surface area contributed by atoms with Crippen LogP contribution in [0.15, 0.2) is 24.4 Å². The number of carbonyl (C=O) groups is 1. The molecule has 7 heteroatoms. The molecule has 0 atom stereocenters. The van der Waals surface area contributed by atoms with Gasteiger partial charge < -0.3 is 15.2 Å². The van der Waals surface area contributed by atoms with E-state index in [0.29, 0.717) is 29.5 Å². The van der Waals surface area contributed by atoms with Crippen molar-refractivity contribution in [2.45, 2.75) is 20.8 Å². The van der Waals surface area contributed by atoms with Gasteiger partial charge in [-0.3, -0.25) is 0 Å². The summed E-state index contributed by atoms with van der Waals surface area (Å²) in [7, 11) is 0. The monoisotopic (exact) mass is 328 g/mol. The first-order valence-corrected chi connectivity index (χ1v) is 7.65. The van der Waals surface area contributed by atoms with Crippen molar-refractivity contribution >= 4 is 11.8 Å². The van der Waals surface area contributed by atoms with E-state index in [4.69, 9.17) is 15.2 Å². The van der Waals surface area contributed by atoms with E-state index >= 15 is 0 Å². The smallest absolute Gasteiger partial charge is 0.343 e. The summed E-state index contributed by atoms with van der Waals surface area (Å²) in [5, 5.41) is 13.4. The molecule has 2 aromatic rings. The van der Waals surface area contributed by atoms with Crippen molar-refractivity contribution in [3.63, 3.8) is 0 Å². The summed E-state index contributed by atoms with van der Waals surface area (Å²) in [6.45, 7) is 6.55. The zero-order valence-corrected chi connectivity index (χ0v) is 13.9. The van der Waals surface area contributed by atoms with E-state index in [-0.39, 0.29) is 18.0 Å². The number of ether oxygens (including phenoxy) is 2. The Morgan fingerprint density at radius 1 is 1.46 bits per heavy atom. The van der Waals surface area contributed by atoms with E-state index in [0.717, 1.165) is 0 Å². The molecule has 0 bridgehead atoms. The topological polar surface area (TPSA) is 103 Å². The Morgan fingerprint density at radius 2 is 2.21 bits per heavy atom.